The van der Waals surface area contributed by atoms with Crippen molar-refractivity contribution in [3.8, 4) is 0 Å². The summed E-state index contributed by atoms with van der Waals surface area (Å²) >= 11 is 0. The maximum Gasteiger partial charge on any atom is 0.676 e. The summed E-state index contributed by atoms with van der Waals surface area (Å²) < 4.78 is 11.4. The molecule has 0 rings (SSSR count). The van der Waals surface area contributed by atoms with E-state index >= 15 is 0 Å². The van der Waals surface area contributed by atoms with Crippen molar-refractivity contribution in [3.63, 3.8) is 0 Å². The smallest absolute Gasteiger partial charge is 0.324 e. The lowest BCUT2D eigenvalue weighted by molar-refractivity contribution is 0.451. The van der Waals surface area contributed by atoms with E-state index < -0.39 is 32.6 Å². The topological polar surface area (TPSA) is 61.3 Å². The van der Waals surface area contributed by atoms with Crippen molar-refractivity contribution in [2.24, 2.45) is 0 Å². The van der Waals surface area contributed by atoms with E-state index in [4.69, 9.17) is 8.37 Å². The minimum absolute atomic E-state index is 0.447. The molecule has 6 heteroatoms. The second kappa shape index (κ2) is 8.82. The highest BCUT2D eigenvalue weighted by molar-refractivity contribution is 8.30. The first-order chi connectivity index (χ1) is 9.38. The predicted octanol–water partition coefficient (Wildman–Crippen LogP) is 3.58. The first kappa shape index (κ1) is 19.6. The molecule has 122 valence electrons. The molecule has 0 heterocycles. The molecule has 0 atom stereocenters. The van der Waals surface area contributed by atoms with Gasteiger partial charge in [-0.15, -0.1) is 0 Å². The molecule has 0 aliphatic carbocycles. The Morgan fingerprint density at radius 1 is 0.600 bits per heavy atom. The van der Waals surface area contributed by atoms with E-state index in [-0.39, 0.29) is 0 Å². The first-order valence-corrected chi connectivity index (χ1v) is 11.5. The van der Waals surface area contributed by atoms with Crippen LogP contribution in [0.1, 0.15) is 41.5 Å². The summed E-state index contributed by atoms with van der Waals surface area (Å²) in [5.74, 6) is 4.22. The number of hydrogen-bond donors (Lipinski definition) is 0. The van der Waals surface area contributed by atoms with Crippen LogP contribution in [0.25, 0.3) is 0 Å². The van der Waals surface area contributed by atoms with Gasteiger partial charge in [-0.2, -0.15) is 0 Å². The average Bonchev–Trinajstić information content (AvgIpc) is 2.50. The molecular weight excluding hydrogens is 296 g/mol. The molecule has 0 aliphatic heterocycles. The van der Waals surface area contributed by atoms with Gasteiger partial charge in [-0.05, 0) is 0 Å². The van der Waals surface area contributed by atoms with Gasteiger partial charge in [0.15, 0.2) is 0 Å². The monoisotopic (exact) mass is 328 g/mol. The summed E-state index contributed by atoms with van der Waals surface area (Å²) in [7, 11) is -2.74. The molecule has 0 saturated carbocycles. The third-order valence-electron chi connectivity index (χ3n) is 3.85. The second-order valence-electron chi connectivity index (χ2n) is 4.44. The maximum atomic E-state index is 10.0. The normalized spacial score (nSPS) is 13.7. The zero-order valence-corrected chi connectivity index (χ0v) is 15.4. The maximum absolute atomic E-state index is 10.0. The Hall–Kier alpha value is -0.360. The van der Waals surface area contributed by atoms with Gasteiger partial charge in [-0.25, -0.2) is 0 Å². The molecule has 0 unspecified atom stereocenters. The lowest BCUT2D eigenvalue weighted by Crippen LogP contribution is -2.28. The summed E-state index contributed by atoms with van der Waals surface area (Å²) in [5.41, 5.74) is 0. The fourth-order valence-electron chi connectivity index (χ4n) is 1.98. The first-order valence-electron chi connectivity index (χ1n) is 7.41. The van der Waals surface area contributed by atoms with Crippen molar-refractivity contribution in [2.75, 3.05) is 34.5 Å². The standard InChI is InChI=1S/C14H30O4S2/c1-7-19(8-2,9-3)17-13(15)14(16)18-20(10-4,11-5)12-6/h7-12H2,1-6H3/p+2. The van der Waals surface area contributed by atoms with E-state index in [0.29, 0.717) is 0 Å². The van der Waals surface area contributed by atoms with Gasteiger partial charge in [-0.1, -0.05) is 41.5 Å². The third-order valence-corrected chi connectivity index (χ3v) is 11.2. The van der Waals surface area contributed by atoms with Gasteiger partial charge < -0.3 is 9.59 Å². The molecule has 0 aromatic heterocycles. The van der Waals surface area contributed by atoms with Crippen LogP contribution in [-0.2, 0) is 8.37 Å². The molecule has 0 bridgehead atoms. The van der Waals surface area contributed by atoms with Gasteiger partial charge in [0.05, 0.1) is 0 Å². The fourth-order valence-corrected chi connectivity index (χ4v) is 5.95. The average molecular weight is 329 g/mol. The fraction of sp³-hybridized carbons (Fsp3) is 0.857. The van der Waals surface area contributed by atoms with Crippen molar-refractivity contribution >= 4 is 32.6 Å². The van der Waals surface area contributed by atoms with Gasteiger partial charge >= 0.3 is 11.9 Å². The Morgan fingerprint density at radius 2 is 0.800 bits per heavy atom. The summed E-state index contributed by atoms with van der Waals surface area (Å²) in [6, 6.07) is 0. The Balaban J connectivity index is 4.83. The minimum atomic E-state index is -1.37. The molecule has 0 amide bonds. The molecular formula is C14H32O4S2+2. The zero-order valence-electron chi connectivity index (χ0n) is 13.8. The van der Waals surface area contributed by atoms with Crippen LogP contribution in [0.3, 0.4) is 0 Å². The van der Waals surface area contributed by atoms with Crippen molar-refractivity contribution in [2.45, 2.75) is 41.5 Å². The number of carbonyl (C=O) groups excluding carboxylic acids is 2. The van der Waals surface area contributed by atoms with Gasteiger partial charge in [-0.3, -0.25) is 8.37 Å². The van der Waals surface area contributed by atoms with Gasteiger partial charge in [0.2, 0.25) is 0 Å². The van der Waals surface area contributed by atoms with E-state index in [0.717, 1.165) is 34.5 Å². The lowest BCUT2D eigenvalue weighted by atomic mass is 10.7. The van der Waals surface area contributed by atoms with Crippen molar-refractivity contribution < 1.29 is 18.0 Å². The van der Waals surface area contributed by atoms with Crippen molar-refractivity contribution in [1.29, 1.82) is 0 Å². The Morgan fingerprint density at radius 3 is 0.950 bits per heavy atom. The van der Waals surface area contributed by atoms with Crippen LogP contribution < -0.4 is 0 Å². The van der Waals surface area contributed by atoms with Crippen LogP contribution in [0, 0.1) is 0 Å². The number of rotatable bonds is 8. The van der Waals surface area contributed by atoms with E-state index in [1.165, 1.54) is 0 Å². The van der Waals surface area contributed by atoms with Crippen LogP contribution in [0.5, 0.6) is 0 Å². The van der Waals surface area contributed by atoms with E-state index in [1.807, 2.05) is 41.5 Å². The van der Waals surface area contributed by atoms with Gasteiger partial charge in [0.1, 0.15) is 0 Å². The van der Waals surface area contributed by atoms with Crippen LogP contribution in [0.15, 0.2) is 0 Å². The largest absolute Gasteiger partial charge is 0.676 e. The van der Waals surface area contributed by atoms with Crippen LogP contribution in [-0.4, -0.2) is 56.0 Å². The van der Waals surface area contributed by atoms with Crippen LogP contribution in [0.2, 0.25) is 0 Å². The molecule has 20 heavy (non-hydrogen) atoms. The summed E-state index contributed by atoms with van der Waals surface area (Å²) in [6.45, 7) is 12.3. The summed E-state index contributed by atoms with van der Waals surface area (Å²) in [5, 5.41) is 0. The molecule has 0 aromatic rings. The Bertz CT molecular complexity index is 275. The minimum Gasteiger partial charge on any atom is -0.324 e. The quantitative estimate of drug-likeness (QED) is 0.505. The van der Waals surface area contributed by atoms with Gasteiger partial charge in [0, 0.05) is 55.1 Å². The molecule has 0 saturated heterocycles. The van der Waals surface area contributed by atoms with E-state index in [2.05, 4.69) is 0 Å². The molecule has 2 N–H and O–H groups in total. The third kappa shape index (κ3) is 4.88. The Labute approximate surface area is 127 Å². The zero-order chi connectivity index (χ0) is 15.8. The van der Waals surface area contributed by atoms with E-state index in [1.54, 1.807) is 0 Å². The molecule has 0 aliphatic rings. The molecule has 0 spiro atoms. The highest BCUT2D eigenvalue weighted by Crippen LogP contribution is 2.50. The number of hydrogen-bond acceptors (Lipinski definition) is 2. The summed E-state index contributed by atoms with van der Waals surface area (Å²) in [6.07, 6.45) is 0. The van der Waals surface area contributed by atoms with Crippen LogP contribution in [0.4, 0.5) is 0 Å². The van der Waals surface area contributed by atoms with Crippen molar-refractivity contribution in [3.05, 3.63) is 0 Å². The lowest BCUT2D eigenvalue weighted by Gasteiger charge is -2.29. The summed E-state index contributed by atoms with van der Waals surface area (Å²) in [4.78, 5) is 20.0. The second-order valence-corrected chi connectivity index (χ2v) is 12.1. The SMILES string of the molecule is CCS(CC)(CC)OC(=[OH+])C(=[OH+])OS(CC)(CC)CC. The molecule has 0 aromatic carbocycles. The van der Waals surface area contributed by atoms with Crippen LogP contribution >= 0.6 is 20.6 Å². The highest BCUT2D eigenvalue weighted by atomic mass is 32.3. The molecule has 4 nitrogen and oxygen atoms in total. The molecule has 0 radical (unpaired) electrons. The van der Waals surface area contributed by atoms with E-state index in [9.17, 15) is 9.59 Å². The molecule has 0 fully saturated rings. The Kier molecular flexibility index (Phi) is 8.66. The highest BCUT2D eigenvalue weighted by Gasteiger charge is 2.46. The predicted molar refractivity (Wildman–Crippen MR) is 94.5 cm³/mol. The van der Waals surface area contributed by atoms with Crippen molar-refractivity contribution in [1.82, 2.24) is 0 Å². The van der Waals surface area contributed by atoms with Gasteiger partial charge in [0.25, 0.3) is 0 Å².